The summed E-state index contributed by atoms with van der Waals surface area (Å²) in [4.78, 5) is 0. The van der Waals surface area contributed by atoms with Gasteiger partial charge >= 0.3 is 0 Å². The Morgan fingerprint density at radius 1 is 0.667 bits per heavy atom. The van der Waals surface area contributed by atoms with Gasteiger partial charge in [-0.3, -0.25) is 0 Å². The molecule has 0 saturated carbocycles. The summed E-state index contributed by atoms with van der Waals surface area (Å²) in [5, 5.41) is 3.71. The molecule has 0 nitrogen and oxygen atoms in total. The summed E-state index contributed by atoms with van der Waals surface area (Å²) >= 11 is 3.81. The smallest absolute Gasteiger partial charge is 0.0484 e. The molecular formula is C29H21Br. The predicted molar refractivity (Wildman–Crippen MR) is 132 cm³/mol. The summed E-state index contributed by atoms with van der Waals surface area (Å²) in [7, 11) is 0. The van der Waals surface area contributed by atoms with E-state index in [1.807, 2.05) is 0 Å². The van der Waals surface area contributed by atoms with Crippen molar-refractivity contribution in [1.82, 2.24) is 0 Å². The van der Waals surface area contributed by atoms with Gasteiger partial charge in [0.1, 0.15) is 0 Å². The number of allylic oxidation sites excluding steroid dienone is 4. The van der Waals surface area contributed by atoms with Gasteiger partial charge in [-0.05, 0) is 62.2 Å². The van der Waals surface area contributed by atoms with Crippen LogP contribution in [0.5, 0.6) is 0 Å². The average Bonchev–Trinajstić information content (AvgIpc) is 3.28. The summed E-state index contributed by atoms with van der Waals surface area (Å²) in [5.41, 5.74) is 9.57. The number of halogens is 1. The molecule has 0 radical (unpaired) electrons. The summed E-state index contributed by atoms with van der Waals surface area (Å²) in [6.07, 6.45) is 3.49. The lowest BCUT2D eigenvalue weighted by atomic mass is 9.69. The Bertz CT molecular complexity index is 1320. The first-order chi connectivity index (χ1) is 14.8. The van der Waals surface area contributed by atoms with Crippen LogP contribution in [-0.2, 0) is 5.41 Å². The van der Waals surface area contributed by atoms with Gasteiger partial charge in [0.15, 0.2) is 0 Å². The molecule has 6 rings (SSSR count). The van der Waals surface area contributed by atoms with Crippen LogP contribution in [0.15, 0.2) is 103 Å². The van der Waals surface area contributed by atoms with Crippen molar-refractivity contribution in [3.05, 3.63) is 125 Å². The third kappa shape index (κ3) is 2.33. The number of benzene rings is 4. The van der Waals surface area contributed by atoms with Crippen molar-refractivity contribution in [2.75, 3.05) is 5.33 Å². The molecule has 1 atom stereocenters. The Morgan fingerprint density at radius 3 is 2.03 bits per heavy atom. The van der Waals surface area contributed by atoms with Gasteiger partial charge in [0.05, 0.1) is 0 Å². The lowest BCUT2D eigenvalue weighted by molar-refractivity contribution is 0.715. The Morgan fingerprint density at radius 2 is 1.33 bits per heavy atom. The molecule has 4 aromatic carbocycles. The molecule has 0 saturated heterocycles. The second-order valence-corrected chi connectivity index (χ2v) is 8.93. The minimum atomic E-state index is -0.126. The molecule has 0 N–H and O–H groups in total. The summed E-state index contributed by atoms with van der Waals surface area (Å²) in [5.74, 6) is 0. The molecule has 4 aromatic rings. The molecule has 0 aliphatic heterocycles. The number of hydrogen-bond acceptors (Lipinski definition) is 0. The summed E-state index contributed by atoms with van der Waals surface area (Å²) < 4.78 is 0. The van der Waals surface area contributed by atoms with Crippen LogP contribution in [-0.4, -0.2) is 5.33 Å². The number of alkyl halides is 1. The van der Waals surface area contributed by atoms with Gasteiger partial charge in [-0.25, -0.2) is 0 Å². The van der Waals surface area contributed by atoms with Crippen LogP contribution in [0, 0.1) is 0 Å². The second kappa shape index (κ2) is 6.82. The fourth-order valence-corrected chi connectivity index (χ4v) is 6.19. The van der Waals surface area contributed by atoms with Crippen LogP contribution in [0.4, 0.5) is 0 Å². The van der Waals surface area contributed by atoms with E-state index in [9.17, 15) is 0 Å². The lowest BCUT2D eigenvalue weighted by Crippen LogP contribution is -2.25. The van der Waals surface area contributed by atoms with Crippen molar-refractivity contribution in [3.8, 4) is 0 Å². The first-order valence-electron chi connectivity index (χ1n) is 10.5. The van der Waals surface area contributed by atoms with Gasteiger partial charge in [0.25, 0.3) is 0 Å². The van der Waals surface area contributed by atoms with Crippen LogP contribution in [0.2, 0.25) is 0 Å². The molecule has 0 spiro atoms. The molecule has 1 heteroatoms. The standard InChI is InChI=1S/C29H21Br/c30-18-17-29-25-16-8-14-22-13-7-15-23(27(22)25)28(29)24(20-9-3-1-4-10-20)19-26(29)21-11-5-2-6-12-21/h1-16,19H,17-18H2/t29-/m0/s1. The fourth-order valence-electron chi connectivity index (χ4n) is 5.59. The molecule has 0 bridgehead atoms. The minimum Gasteiger partial charge on any atom is -0.0927 e. The number of hydrogen-bond donors (Lipinski definition) is 0. The average molecular weight is 449 g/mol. The maximum atomic E-state index is 3.81. The van der Waals surface area contributed by atoms with E-state index in [2.05, 4.69) is 119 Å². The fraction of sp³-hybridized carbons (Fsp3) is 0.103. The van der Waals surface area contributed by atoms with Crippen LogP contribution in [0.3, 0.4) is 0 Å². The van der Waals surface area contributed by atoms with Gasteiger partial charge in [-0.2, -0.15) is 0 Å². The van der Waals surface area contributed by atoms with Crippen LogP contribution >= 0.6 is 15.9 Å². The Hall–Kier alpha value is -2.90. The molecule has 0 unspecified atom stereocenters. The molecule has 30 heavy (non-hydrogen) atoms. The van der Waals surface area contributed by atoms with Crippen molar-refractivity contribution < 1.29 is 0 Å². The molecule has 0 heterocycles. The summed E-state index contributed by atoms with van der Waals surface area (Å²) in [6, 6.07) is 35.4. The van der Waals surface area contributed by atoms with Crippen LogP contribution in [0.1, 0.15) is 28.7 Å². The van der Waals surface area contributed by atoms with Gasteiger partial charge in [-0.1, -0.05) is 113 Å². The highest BCUT2D eigenvalue weighted by molar-refractivity contribution is 9.09. The van der Waals surface area contributed by atoms with Crippen molar-refractivity contribution in [2.24, 2.45) is 0 Å². The van der Waals surface area contributed by atoms with Crippen molar-refractivity contribution in [2.45, 2.75) is 11.8 Å². The molecule has 144 valence electrons. The molecule has 0 fully saturated rings. The summed E-state index contributed by atoms with van der Waals surface area (Å²) in [6.45, 7) is 0. The molecule has 0 amide bonds. The molecular weight excluding hydrogens is 428 g/mol. The van der Waals surface area contributed by atoms with E-state index in [4.69, 9.17) is 0 Å². The zero-order chi connectivity index (χ0) is 20.1. The van der Waals surface area contributed by atoms with Crippen molar-refractivity contribution >= 4 is 43.4 Å². The highest BCUT2D eigenvalue weighted by Gasteiger charge is 2.50. The van der Waals surface area contributed by atoms with Crippen LogP contribution in [0.25, 0.3) is 27.5 Å². The Labute approximate surface area is 185 Å². The van der Waals surface area contributed by atoms with Crippen molar-refractivity contribution in [3.63, 3.8) is 0 Å². The van der Waals surface area contributed by atoms with E-state index in [0.717, 1.165) is 11.8 Å². The van der Waals surface area contributed by atoms with E-state index in [1.54, 1.807) is 0 Å². The quantitative estimate of drug-likeness (QED) is 0.278. The monoisotopic (exact) mass is 448 g/mol. The molecule has 2 aliphatic rings. The first-order valence-corrected chi connectivity index (χ1v) is 11.6. The van der Waals surface area contributed by atoms with E-state index < -0.39 is 0 Å². The zero-order valence-electron chi connectivity index (χ0n) is 16.6. The van der Waals surface area contributed by atoms with Gasteiger partial charge < -0.3 is 0 Å². The van der Waals surface area contributed by atoms with E-state index in [0.29, 0.717) is 0 Å². The highest BCUT2D eigenvalue weighted by atomic mass is 79.9. The first kappa shape index (κ1) is 17.9. The maximum Gasteiger partial charge on any atom is 0.0484 e. The van der Waals surface area contributed by atoms with Gasteiger partial charge in [0, 0.05) is 10.7 Å². The topological polar surface area (TPSA) is 0 Å². The Balaban J connectivity index is 1.76. The third-order valence-electron chi connectivity index (χ3n) is 6.72. The van der Waals surface area contributed by atoms with E-state index >= 15 is 0 Å². The van der Waals surface area contributed by atoms with Gasteiger partial charge in [0.2, 0.25) is 0 Å². The Kier molecular flexibility index (Phi) is 4.07. The maximum absolute atomic E-state index is 3.81. The lowest BCUT2D eigenvalue weighted by Gasteiger charge is -2.33. The third-order valence-corrected chi connectivity index (χ3v) is 7.11. The number of fused-ring (bicyclic) bond motifs is 3. The van der Waals surface area contributed by atoms with Crippen LogP contribution < -0.4 is 0 Å². The van der Waals surface area contributed by atoms with E-state index in [-0.39, 0.29) is 5.41 Å². The highest BCUT2D eigenvalue weighted by Crippen LogP contribution is 2.64. The second-order valence-electron chi connectivity index (χ2n) is 8.13. The minimum absolute atomic E-state index is 0.126. The largest absolute Gasteiger partial charge is 0.0927 e. The normalized spacial score (nSPS) is 19.3. The molecule has 2 aliphatic carbocycles. The molecule has 0 aromatic heterocycles. The van der Waals surface area contributed by atoms with Gasteiger partial charge in [-0.15, -0.1) is 0 Å². The predicted octanol–water partition coefficient (Wildman–Crippen LogP) is 7.88. The SMILES string of the molecule is BrCC[C@]12C(c3ccccc3)=CC(c3ccccc3)=C1c1cccc3cccc2c13. The van der Waals surface area contributed by atoms with Crippen molar-refractivity contribution in [1.29, 1.82) is 0 Å². The number of rotatable bonds is 4. The zero-order valence-corrected chi connectivity index (χ0v) is 18.2. The van der Waals surface area contributed by atoms with E-state index in [1.165, 1.54) is 49.7 Å².